The molecule has 3 aliphatic carbocycles. The first-order chi connectivity index (χ1) is 15.1. The van der Waals surface area contributed by atoms with Crippen molar-refractivity contribution < 1.29 is 9.13 Å². The van der Waals surface area contributed by atoms with Crippen molar-refractivity contribution in [1.82, 2.24) is 0 Å². The van der Waals surface area contributed by atoms with Crippen LogP contribution in [0.1, 0.15) is 83.1 Å². The second kappa shape index (κ2) is 10.6. The van der Waals surface area contributed by atoms with Crippen molar-refractivity contribution >= 4 is 17.2 Å². The summed E-state index contributed by atoms with van der Waals surface area (Å²) < 4.78 is 19.9. The lowest BCUT2D eigenvalue weighted by Gasteiger charge is -2.40. The summed E-state index contributed by atoms with van der Waals surface area (Å²) >= 11 is 6.36. The third-order valence-electron chi connectivity index (χ3n) is 8.44. The van der Waals surface area contributed by atoms with Crippen LogP contribution < -0.4 is 4.74 Å². The topological polar surface area (TPSA) is 9.23 Å². The number of benzene rings is 1. The number of halogens is 2. The Kier molecular flexibility index (Phi) is 7.80. The number of allylic oxidation sites excluding steroid dienone is 3. The lowest BCUT2D eigenvalue weighted by molar-refractivity contribution is 0.128. The summed E-state index contributed by atoms with van der Waals surface area (Å²) in [5, 5.41) is 0.210. The minimum absolute atomic E-state index is 0.210. The molecule has 0 spiro atoms. The third-order valence-corrected chi connectivity index (χ3v) is 8.81. The van der Waals surface area contributed by atoms with Gasteiger partial charge < -0.3 is 4.74 Å². The molecule has 31 heavy (non-hydrogen) atoms. The average Bonchev–Trinajstić information content (AvgIpc) is 2.83. The summed E-state index contributed by atoms with van der Waals surface area (Å²) in [5.74, 6) is 4.17. The van der Waals surface area contributed by atoms with Crippen molar-refractivity contribution in [2.45, 2.75) is 77.6 Å². The standard InChI is InChI=1S/C28H38ClFO/c1-3-19-5-7-20(8-6-19)21-9-11-22(12-10-21)23-13-15-24(16-14-23)25-17-18-26(31-4-2)28(30)27(25)29/h3,15,17-23H,1,4-14,16H2,2H3. The van der Waals surface area contributed by atoms with E-state index in [2.05, 4.69) is 18.7 Å². The summed E-state index contributed by atoms with van der Waals surface area (Å²) in [7, 11) is 0. The van der Waals surface area contributed by atoms with Gasteiger partial charge in [0.05, 0.1) is 11.6 Å². The Morgan fingerprint density at radius 3 is 2.13 bits per heavy atom. The fraction of sp³-hybridized carbons (Fsp3) is 0.643. The molecule has 1 aromatic rings. The van der Waals surface area contributed by atoms with Gasteiger partial charge in [-0.25, -0.2) is 4.39 Å². The first kappa shape index (κ1) is 22.9. The third kappa shape index (κ3) is 5.21. The van der Waals surface area contributed by atoms with Gasteiger partial charge in [0, 0.05) is 0 Å². The second-order valence-electron chi connectivity index (χ2n) is 10.0. The fourth-order valence-electron chi connectivity index (χ4n) is 6.51. The van der Waals surface area contributed by atoms with Crippen LogP contribution in [0.4, 0.5) is 4.39 Å². The predicted molar refractivity (Wildman–Crippen MR) is 129 cm³/mol. The Hall–Kier alpha value is -1.28. The van der Waals surface area contributed by atoms with Crippen LogP contribution in [0.15, 0.2) is 30.9 Å². The molecule has 0 saturated heterocycles. The molecule has 1 aromatic carbocycles. The molecule has 3 aliphatic rings. The van der Waals surface area contributed by atoms with Gasteiger partial charge >= 0.3 is 0 Å². The monoisotopic (exact) mass is 444 g/mol. The smallest absolute Gasteiger partial charge is 0.184 e. The molecule has 2 saturated carbocycles. The van der Waals surface area contributed by atoms with Gasteiger partial charge in [-0.15, -0.1) is 6.58 Å². The minimum atomic E-state index is -0.426. The normalized spacial score (nSPS) is 31.7. The molecule has 0 radical (unpaired) electrons. The molecule has 1 nitrogen and oxygen atoms in total. The molecule has 1 atom stereocenters. The molecule has 4 rings (SSSR count). The summed E-state index contributed by atoms with van der Waals surface area (Å²) in [4.78, 5) is 0. The summed E-state index contributed by atoms with van der Waals surface area (Å²) in [5.41, 5.74) is 2.05. The highest BCUT2D eigenvalue weighted by molar-refractivity contribution is 6.32. The van der Waals surface area contributed by atoms with E-state index in [1.165, 1.54) is 63.4 Å². The van der Waals surface area contributed by atoms with Gasteiger partial charge in [-0.1, -0.05) is 23.8 Å². The van der Waals surface area contributed by atoms with Crippen LogP contribution in [0.5, 0.6) is 5.75 Å². The van der Waals surface area contributed by atoms with E-state index >= 15 is 0 Å². The van der Waals surface area contributed by atoms with Crippen LogP contribution in [0, 0.1) is 35.4 Å². The van der Waals surface area contributed by atoms with Crippen molar-refractivity contribution in [3.05, 3.63) is 47.3 Å². The number of hydrogen-bond acceptors (Lipinski definition) is 1. The van der Waals surface area contributed by atoms with Crippen LogP contribution in [0.3, 0.4) is 0 Å². The Balaban J connectivity index is 1.30. The SMILES string of the molecule is C=CC1CCC(C2CCC(C3CC=C(c4ccc(OCC)c(F)c4Cl)CC3)CC2)CC1. The van der Waals surface area contributed by atoms with E-state index < -0.39 is 5.82 Å². The number of ether oxygens (including phenoxy) is 1. The molecular formula is C28H38ClFO. The van der Waals surface area contributed by atoms with Gasteiger partial charge in [-0.05, 0) is 130 Å². The Bertz CT molecular complexity index is 784. The van der Waals surface area contributed by atoms with Crippen molar-refractivity contribution in [3.8, 4) is 5.75 Å². The molecule has 0 bridgehead atoms. The molecule has 2 fully saturated rings. The zero-order chi connectivity index (χ0) is 21.8. The molecular weight excluding hydrogens is 407 g/mol. The maximum atomic E-state index is 14.5. The van der Waals surface area contributed by atoms with Gasteiger partial charge in [0.25, 0.3) is 0 Å². The van der Waals surface area contributed by atoms with E-state index in [0.717, 1.165) is 48.0 Å². The Morgan fingerprint density at radius 1 is 0.968 bits per heavy atom. The highest BCUT2D eigenvalue weighted by Gasteiger charge is 2.33. The predicted octanol–water partition coefficient (Wildman–Crippen LogP) is 8.86. The van der Waals surface area contributed by atoms with E-state index in [-0.39, 0.29) is 10.8 Å². The molecule has 0 heterocycles. The molecule has 170 valence electrons. The zero-order valence-corrected chi connectivity index (χ0v) is 19.8. The van der Waals surface area contributed by atoms with Crippen LogP contribution in [-0.4, -0.2) is 6.61 Å². The highest BCUT2D eigenvalue weighted by atomic mass is 35.5. The zero-order valence-electron chi connectivity index (χ0n) is 19.1. The highest BCUT2D eigenvalue weighted by Crippen LogP contribution is 2.46. The maximum absolute atomic E-state index is 14.5. The van der Waals surface area contributed by atoms with E-state index in [0.29, 0.717) is 6.61 Å². The van der Waals surface area contributed by atoms with Crippen LogP contribution in [-0.2, 0) is 0 Å². The second-order valence-corrected chi connectivity index (χ2v) is 10.4. The van der Waals surface area contributed by atoms with Crippen LogP contribution in [0.2, 0.25) is 5.02 Å². The van der Waals surface area contributed by atoms with Crippen molar-refractivity contribution in [2.75, 3.05) is 6.61 Å². The first-order valence-electron chi connectivity index (χ1n) is 12.5. The molecule has 3 heteroatoms. The van der Waals surface area contributed by atoms with Crippen molar-refractivity contribution in [3.63, 3.8) is 0 Å². The van der Waals surface area contributed by atoms with E-state index in [9.17, 15) is 4.39 Å². The largest absolute Gasteiger partial charge is 0.491 e. The van der Waals surface area contributed by atoms with Gasteiger partial charge in [0.15, 0.2) is 11.6 Å². The number of hydrogen-bond donors (Lipinski definition) is 0. The van der Waals surface area contributed by atoms with Gasteiger partial charge in [0.1, 0.15) is 0 Å². The molecule has 0 N–H and O–H groups in total. The fourth-order valence-corrected chi connectivity index (χ4v) is 6.79. The Labute approximate surface area is 193 Å². The van der Waals surface area contributed by atoms with Gasteiger partial charge in [-0.2, -0.15) is 0 Å². The van der Waals surface area contributed by atoms with E-state index in [1.54, 1.807) is 6.07 Å². The van der Waals surface area contributed by atoms with Gasteiger partial charge in [0.2, 0.25) is 0 Å². The average molecular weight is 445 g/mol. The lowest BCUT2D eigenvalue weighted by atomic mass is 9.66. The lowest BCUT2D eigenvalue weighted by Crippen LogP contribution is -2.28. The molecule has 0 amide bonds. The maximum Gasteiger partial charge on any atom is 0.184 e. The minimum Gasteiger partial charge on any atom is -0.491 e. The molecule has 0 aliphatic heterocycles. The van der Waals surface area contributed by atoms with Crippen LogP contribution in [0.25, 0.3) is 5.57 Å². The van der Waals surface area contributed by atoms with Crippen molar-refractivity contribution in [1.29, 1.82) is 0 Å². The summed E-state index contributed by atoms with van der Waals surface area (Å²) in [6.07, 6.45) is 19.0. The first-order valence-corrected chi connectivity index (χ1v) is 12.9. The van der Waals surface area contributed by atoms with Crippen LogP contribution >= 0.6 is 11.6 Å². The van der Waals surface area contributed by atoms with E-state index in [4.69, 9.17) is 16.3 Å². The van der Waals surface area contributed by atoms with Gasteiger partial charge in [-0.3, -0.25) is 0 Å². The molecule has 1 unspecified atom stereocenters. The number of rotatable bonds is 6. The van der Waals surface area contributed by atoms with E-state index in [1.807, 2.05) is 13.0 Å². The quantitative estimate of drug-likeness (QED) is 0.398. The Morgan fingerprint density at radius 2 is 1.58 bits per heavy atom. The summed E-state index contributed by atoms with van der Waals surface area (Å²) in [6, 6.07) is 3.64. The molecule has 0 aromatic heterocycles. The summed E-state index contributed by atoms with van der Waals surface area (Å²) in [6.45, 7) is 6.29. The van der Waals surface area contributed by atoms with Crippen molar-refractivity contribution in [2.24, 2.45) is 29.6 Å².